The summed E-state index contributed by atoms with van der Waals surface area (Å²) in [6.07, 6.45) is 2.90. The summed E-state index contributed by atoms with van der Waals surface area (Å²) in [5, 5.41) is 14.7. The van der Waals surface area contributed by atoms with Gasteiger partial charge in [0.2, 0.25) is 0 Å². The maximum absolute atomic E-state index is 12.2. The lowest BCUT2D eigenvalue weighted by molar-refractivity contribution is 0.0948. The van der Waals surface area contributed by atoms with E-state index in [0.717, 1.165) is 24.2 Å². The third-order valence-electron chi connectivity index (χ3n) is 3.85. The Bertz CT molecular complexity index is 820. The highest BCUT2D eigenvalue weighted by molar-refractivity contribution is 7.13. The summed E-state index contributed by atoms with van der Waals surface area (Å²) in [6.45, 7) is 0.545. The fourth-order valence-corrected chi connectivity index (χ4v) is 3.37. The van der Waals surface area contributed by atoms with Crippen LogP contribution < -0.4 is 5.32 Å². The van der Waals surface area contributed by atoms with Crippen molar-refractivity contribution in [1.82, 2.24) is 25.1 Å². The van der Waals surface area contributed by atoms with E-state index >= 15 is 0 Å². The van der Waals surface area contributed by atoms with Crippen LogP contribution in [0, 0.1) is 0 Å². The van der Waals surface area contributed by atoms with Gasteiger partial charge < -0.3 is 5.32 Å². The Morgan fingerprint density at radius 3 is 3.05 bits per heavy atom. The van der Waals surface area contributed by atoms with Crippen molar-refractivity contribution in [2.45, 2.75) is 25.2 Å². The molecule has 2 N–H and O–H groups in total. The molecule has 112 valence electrons. The number of carbonyl (C=O) groups is 1. The molecule has 1 aliphatic carbocycles. The number of benzene rings is 1. The van der Waals surface area contributed by atoms with Crippen molar-refractivity contribution in [3.8, 4) is 0 Å². The van der Waals surface area contributed by atoms with Crippen LogP contribution in [0.2, 0.25) is 0 Å². The van der Waals surface area contributed by atoms with Gasteiger partial charge in [-0.25, -0.2) is 0 Å². The molecule has 1 amide bonds. The van der Waals surface area contributed by atoms with Crippen LogP contribution in [0.4, 0.5) is 0 Å². The number of hydrogen-bond acceptors (Lipinski definition) is 5. The highest BCUT2D eigenvalue weighted by Crippen LogP contribution is 2.39. The minimum Gasteiger partial charge on any atom is -0.350 e. The van der Waals surface area contributed by atoms with Crippen LogP contribution in [0.15, 0.2) is 24.3 Å². The molecule has 2 heterocycles. The molecule has 6 nitrogen and oxygen atoms in total. The van der Waals surface area contributed by atoms with Crippen LogP contribution in [-0.2, 0) is 6.42 Å². The van der Waals surface area contributed by atoms with Crippen LogP contribution in [0.1, 0.15) is 40.6 Å². The number of carbonyl (C=O) groups excluding carboxylic acids is 1. The Labute approximate surface area is 131 Å². The predicted octanol–water partition coefficient (Wildman–Crippen LogP) is 2.26. The summed E-state index contributed by atoms with van der Waals surface area (Å²) in [7, 11) is 0. The maximum Gasteiger partial charge on any atom is 0.273 e. The van der Waals surface area contributed by atoms with Crippen molar-refractivity contribution in [2.24, 2.45) is 0 Å². The second-order valence-electron chi connectivity index (χ2n) is 5.46. The molecular formula is C15H15N5OS. The van der Waals surface area contributed by atoms with Crippen molar-refractivity contribution in [3.05, 3.63) is 41.3 Å². The van der Waals surface area contributed by atoms with Gasteiger partial charge in [-0.2, -0.15) is 19.8 Å². The third kappa shape index (κ3) is 2.48. The zero-order valence-corrected chi connectivity index (χ0v) is 12.7. The SMILES string of the molecule is O=C(NCCc1nsc2ccccc12)c1n[nH]nc1C1CC1. The monoisotopic (exact) mass is 313 g/mol. The summed E-state index contributed by atoms with van der Waals surface area (Å²) in [6, 6.07) is 8.15. The van der Waals surface area contributed by atoms with E-state index in [2.05, 4.69) is 37.2 Å². The zero-order valence-electron chi connectivity index (χ0n) is 11.9. The normalized spacial score (nSPS) is 14.4. The lowest BCUT2D eigenvalue weighted by atomic mass is 10.2. The van der Waals surface area contributed by atoms with E-state index in [-0.39, 0.29) is 5.91 Å². The van der Waals surface area contributed by atoms with E-state index in [4.69, 9.17) is 0 Å². The lowest BCUT2D eigenvalue weighted by Gasteiger charge is -2.03. The molecule has 4 rings (SSSR count). The Morgan fingerprint density at radius 2 is 2.18 bits per heavy atom. The van der Waals surface area contributed by atoms with Gasteiger partial charge >= 0.3 is 0 Å². The van der Waals surface area contributed by atoms with Gasteiger partial charge in [0, 0.05) is 24.3 Å². The first-order valence-corrected chi connectivity index (χ1v) is 8.12. The minimum absolute atomic E-state index is 0.157. The van der Waals surface area contributed by atoms with Gasteiger partial charge in [-0.1, -0.05) is 18.2 Å². The molecular weight excluding hydrogens is 298 g/mol. The van der Waals surface area contributed by atoms with Crippen molar-refractivity contribution in [2.75, 3.05) is 6.54 Å². The van der Waals surface area contributed by atoms with Gasteiger partial charge in [0.15, 0.2) is 5.69 Å². The smallest absolute Gasteiger partial charge is 0.273 e. The first-order chi connectivity index (χ1) is 10.8. The minimum atomic E-state index is -0.157. The molecule has 1 aliphatic rings. The molecule has 1 fully saturated rings. The Balaban J connectivity index is 1.40. The number of fused-ring (bicyclic) bond motifs is 1. The Morgan fingerprint density at radius 1 is 1.32 bits per heavy atom. The molecule has 0 spiro atoms. The van der Waals surface area contributed by atoms with Crippen LogP contribution >= 0.6 is 11.5 Å². The summed E-state index contributed by atoms with van der Waals surface area (Å²) in [5.41, 5.74) is 2.27. The summed E-state index contributed by atoms with van der Waals surface area (Å²) in [4.78, 5) is 12.2. The van der Waals surface area contributed by atoms with Crippen LogP contribution in [0.5, 0.6) is 0 Å². The number of hydrogen-bond donors (Lipinski definition) is 2. The van der Waals surface area contributed by atoms with Crippen molar-refractivity contribution in [1.29, 1.82) is 0 Å². The summed E-state index contributed by atoms with van der Waals surface area (Å²) in [5.74, 6) is 0.247. The van der Waals surface area contributed by atoms with E-state index in [0.29, 0.717) is 24.6 Å². The summed E-state index contributed by atoms with van der Waals surface area (Å²) < 4.78 is 5.64. The molecule has 0 atom stereocenters. The van der Waals surface area contributed by atoms with Gasteiger partial charge in [0.25, 0.3) is 5.91 Å². The molecule has 0 saturated heterocycles. The number of aromatic nitrogens is 4. The fourth-order valence-electron chi connectivity index (χ4n) is 2.54. The molecule has 22 heavy (non-hydrogen) atoms. The second kappa shape index (κ2) is 5.49. The molecule has 0 bridgehead atoms. The number of nitrogens with one attached hydrogen (secondary N) is 2. The maximum atomic E-state index is 12.2. The number of amides is 1. The van der Waals surface area contributed by atoms with Crippen LogP contribution in [0.25, 0.3) is 10.1 Å². The van der Waals surface area contributed by atoms with Gasteiger partial charge in [-0.3, -0.25) is 4.79 Å². The number of H-pyrrole nitrogens is 1. The van der Waals surface area contributed by atoms with Gasteiger partial charge in [0.1, 0.15) is 0 Å². The van der Waals surface area contributed by atoms with Crippen molar-refractivity contribution < 1.29 is 4.79 Å². The Hall–Kier alpha value is -2.28. The van der Waals surface area contributed by atoms with Crippen molar-refractivity contribution >= 4 is 27.5 Å². The fraction of sp³-hybridized carbons (Fsp3) is 0.333. The van der Waals surface area contributed by atoms with Gasteiger partial charge in [0.05, 0.1) is 16.1 Å². The topological polar surface area (TPSA) is 83.6 Å². The lowest BCUT2D eigenvalue weighted by Crippen LogP contribution is -2.27. The standard InChI is InChI=1S/C15H15N5OS/c21-15(14-13(9-5-6-9)17-20-18-14)16-8-7-11-10-3-1-2-4-12(10)22-19-11/h1-4,9H,5-8H2,(H,16,21)(H,17,18,20). The molecule has 0 unspecified atom stereocenters. The molecule has 3 aromatic rings. The predicted molar refractivity (Wildman–Crippen MR) is 84.0 cm³/mol. The average Bonchev–Trinajstić information content (AvgIpc) is 3.12. The zero-order chi connectivity index (χ0) is 14.9. The number of aromatic amines is 1. The first kappa shape index (κ1) is 13.4. The first-order valence-electron chi connectivity index (χ1n) is 7.35. The molecule has 0 radical (unpaired) electrons. The summed E-state index contributed by atoms with van der Waals surface area (Å²) >= 11 is 1.50. The van der Waals surface area contributed by atoms with E-state index < -0.39 is 0 Å². The molecule has 1 aromatic carbocycles. The highest BCUT2D eigenvalue weighted by Gasteiger charge is 2.31. The molecule has 7 heteroatoms. The number of nitrogens with zero attached hydrogens (tertiary/aromatic N) is 3. The largest absolute Gasteiger partial charge is 0.350 e. The Kier molecular flexibility index (Phi) is 3.34. The van der Waals surface area contributed by atoms with E-state index in [1.165, 1.54) is 21.6 Å². The highest BCUT2D eigenvalue weighted by atomic mass is 32.1. The van der Waals surface area contributed by atoms with E-state index in [9.17, 15) is 4.79 Å². The molecule has 1 saturated carbocycles. The van der Waals surface area contributed by atoms with Crippen LogP contribution in [0.3, 0.4) is 0 Å². The second-order valence-corrected chi connectivity index (χ2v) is 6.27. The van der Waals surface area contributed by atoms with Crippen molar-refractivity contribution in [3.63, 3.8) is 0 Å². The molecule has 2 aromatic heterocycles. The average molecular weight is 313 g/mol. The van der Waals surface area contributed by atoms with Gasteiger partial charge in [-0.05, 0) is 30.4 Å². The third-order valence-corrected chi connectivity index (χ3v) is 4.72. The van der Waals surface area contributed by atoms with E-state index in [1.807, 2.05) is 12.1 Å². The van der Waals surface area contributed by atoms with Crippen LogP contribution in [-0.4, -0.2) is 32.2 Å². The quantitative estimate of drug-likeness (QED) is 0.757. The van der Waals surface area contributed by atoms with E-state index in [1.54, 1.807) is 0 Å². The number of rotatable bonds is 5. The van der Waals surface area contributed by atoms with Gasteiger partial charge in [-0.15, -0.1) is 0 Å². The molecule has 0 aliphatic heterocycles.